The number of alkyl halides is 4. The molecule has 0 aromatic carbocycles. The molecule has 9 unspecified atom stereocenters. The van der Waals surface area contributed by atoms with Crippen LogP contribution in [0.3, 0.4) is 0 Å². The number of hydrogen-bond acceptors (Lipinski definition) is 8. The van der Waals surface area contributed by atoms with E-state index in [2.05, 4.69) is 36.7 Å². The van der Waals surface area contributed by atoms with E-state index < -0.39 is 36.9 Å². The minimum Gasteiger partial charge on any atom is -0.352 e. The van der Waals surface area contributed by atoms with Crippen LogP contribution in [-0.2, 0) is 14.2 Å². The summed E-state index contributed by atoms with van der Waals surface area (Å²) < 4.78 is 51.5. The van der Waals surface area contributed by atoms with E-state index >= 15 is 0 Å². The van der Waals surface area contributed by atoms with Gasteiger partial charge in [0.1, 0.15) is 0 Å². The van der Waals surface area contributed by atoms with Crippen LogP contribution in [0.1, 0.15) is 96.3 Å². The summed E-state index contributed by atoms with van der Waals surface area (Å²) in [5, 5.41) is 8.52. The molecule has 2 heterocycles. The van der Waals surface area contributed by atoms with E-state index in [4.69, 9.17) is 21.4 Å². The Kier molecular flexibility index (Phi) is 14.5. The van der Waals surface area contributed by atoms with Crippen molar-refractivity contribution in [1.29, 1.82) is 0 Å². The fourth-order valence-electron chi connectivity index (χ4n) is 8.83. The second-order valence-electron chi connectivity index (χ2n) is 15.4. The van der Waals surface area contributed by atoms with E-state index in [9.17, 15) is 27.3 Å². The molecule has 9 atom stereocenters. The number of carbonyl (C=O) groups is 2. The first-order chi connectivity index (χ1) is 23.7. The van der Waals surface area contributed by atoms with Gasteiger partial charge in [0.05, 0.1) is 11.8 Å². The molecule has 6 N–H and O–H groups in total. The highest BCUT2D eigenvalue weighted by Crippen LogP contribution is 2.42. The van der Waals surface area contributed by atoms with Crippen LogP contribution in [0.4, 0.5) is 13.2 Å². The van der Waals surface area contributed by atoms with Crippen LogP contribution >= 0.6 is 19.2 Å². The minimum absolute atomic E-state index is 0.0312. The van der Waals surface area contributed by atoms with Crippen LogP contribution in [0, 0.1) is 29.6 Å². The normalized spacial score (nSPS) is 35.3. The molecule has 2 aliphatic heterocycles. The summed E-state index contributed by atoms with van der Waals surface area (Å²) in [6, 6.07) is -0.0241. The third kappa shape index (κ3) is 11.8. The predicted molar refractivity (Wildman–Crippen MR) is 185 cm³/mol. The summed E-state index contributed by atoms with van der Waals surface area (Å²) in [6.07, 6.45) is 7.64. The smallest absolute Gasteiger partial charge is 0.352 e. The number of likely N-dealkylation sites (tertiary alicyclic amines) is 1. The third-order valence-corrected chi connectivity index (χ3v) is 13.0. The van der Waals surface area contributed by atoms with Crippen LogP contribution in [0.15, 0.2) is 5.10 Å². The van der Waals surface area contributed by atoms with Crippen molar-refractivity contribution < 1.29 is 37.1 Å². The van der Waals surface area contributed by atoms with Crippen molar-refractivity contribution in [3.8, 4) is 0 Å². The Labute approximate surface area is 298 Å². The van der Waals surface area contributed by atoms with Crippen molar-refractivity contribution in [3.05, 3.63) is 0 Å². The zero-order valence-corrected chi connectivity index (χ0v) is 30.5. The number of hydrazone groups is 1. The summed E-state index contributed by atoms with van der Waals surface area (Å²) in [4.78, 5) is 48.1. The zero-order valence-electron chi connectivity index (χ0n) is 28.8. The summed E-state index contributed by atoms with van der Waals surface area (Å²) in [6.45, 7) is 3.46. The van der Waals surface area contributed by atoms with E-state index in [0.29, 0.717) is 44.6 Å². The Hall–Kier alpha value is -1.32. The molecular weight excluding hydrogens is 698 g/mol. The number of piperidine rings is 1. The molecule has 0 spiro atoms. The van der Waals surface area contributed by atoms with Gasteiger partial charge in [-0.3, -0.25) is 14.2 Å². The number of halogens is 4. The predicted octanol–water partition coefficient (Wildman–Crippen LogP) is 4.27. The first-order valence-corrected chi connectivity index (χ1v) is 20.9. The Morgan fingerprint density at radius 3 is 2.50 bits per heavy atom. The largest absolute Gasteiger partial charge is 0.393 e. The van der Waals surface area contributed by atoms with Crippen molar-refractivity contribution in [2.45, 2.75) is 126 Å². The summed E-state index contributed by atoms with van der Waals surface area (Å²) in [5.74, 6) is -2.72. The summed E-state index contributed by atoms with van der Waals surface area (Å²) in [5.41, 5.74) is 9.01. The van der Waals surface area contributed by atoms with Gasteiger partial charge in [-0.25, -0.2) is 15.9 Å². The van der Waals surface area contributed by atoms with Crippen molar-refractivity contribution in [3.63, 3.8) is 0 Å². The Balaban J connectivity index is 1.14. The van der Waals surface area contributed by atoms with Gasteiger partial charge in [-0.05, 0) is 108 Å². The lowest BCUT2D eigenvalue weighted by molar-refractivity contribution is -0.182. The van der Waals surface area contributed by atoms with Gasteiger partial charge >= 0.3 is 13.8 Å². The van der Waals surface area contributed by atoms with E-state index in [1.54, 1.807) is 0 Å². The molecule has 3 aliphatic carbocycles. The van der Waals surface area contributed by atoms with Crippen LogP contribution in [-0.4, -0.2) is 99.7 Å². The van der Waals surface area contributed by atoms with Crippen LogP contribution in [0.2, 0.25) is 0 Å². The highest BCUT2D eigenvalue weighted by molar-refractivity contribution is 7.51. The molecule has 5 rings (SSSR count). The lowest BCUT2D eigenvalue weighted by atomic mass is 9.78. The quantitative estimate of drug-likeness (QED) is 0.0741. The molecule has 0 bridgehead atoms. The number of hydrogen-bond donors (Lipinski definition) is 6. The molecular formula is C33H56ClF3N7O5P. The first-order valence-electron chi connectivity index (χ1n) is 18.6. The standard InChI is InChI=1S/C33H56ClF3N7O5P/c34-29-11-9-22(17-28(29)33(35,36)37)19-38-41-32(46)27-18-26(43-13-2-1-3-14-43)10-12-30(27)39-31(45)24-7-4-6-23(16-24)20-44-21-25(40-42-44)8-5-15-50(47,48)49/h19,22-30,40,42H,1-18,20-21H2,(H,39,45)(H,41,46)(H2,47,48,49)/b38-19+. The van der Waals surface area contributed by atoms with Gasteiger partial charge in [-0.15, -0.1) is 11.6 Å². The van der Waals surface area contributed by atoms with Gasteiger partial charge in [0.15, 0.2) is 0 Å². The van der Waals surface area contributed by atoms with Crippen LogP contribution in [0.5, 0.6) is 0 Å². The molecule has 12 nitrogen and oxygen atoms in total. The maximum atomic E-state index is 13.7. The Morgan fingerprint density at radius 2 is 1.76 bits per heavy atom. The number of amides is 2. The molecule has 5 aliphatic rings. The van der Waals surface area contributed by atoms with Crippen molar-refractivity contribution in [2.24, 2.45) is 34.7 Å². The fourth-order valence-corrected chi connectivity index (χ4v) is 9.80. The molecule has 3 saturated carbocycles. The average Bonchev–Trinajstić information content (AvgIpc) is 3.51. The van der Waals surface area contributed by atoms with Gasteiger partial charge in [-0.2, -0.15) is 23.8 Å². The maximum Gasteiger partial charge on any atom is 0.393 e. The monoisotopic (exact) mass is 753 g/mol. The van der Waals surface area contributed by atoms with E-state index in [1.807, 2.05) is 0 Å². The second-order valence-corrected chi connectivity index (χ2v) is 17.7. The molecule has 2 amide bonds. The number of nitrogens with zero attached hydrogens (tertiary/aromatic N) is 3. The topological polar surface area (TPSA) is 159 Å². The van der Waals surface area contributed by atoms with E-state index in [-0.39, 0.29) is 54.9 Å². The van der Waals surface area contributed by atoms with Crippen molar-refractivity contribution >= 4 is 37.2 Å². The summed E-state index contributed by atoms with van der Waals surface area (Å²) in [7, 11) is -4.00. The molecule has 17 heteroatoms. The van der Waals surface area contributed by atoms with Crippen molar-refractivity contribution in [1.82, 2.24) is 31.6 Å². The SMILES string of the molecule is O=C(NC1CCC(N2CCCCC2)CC1C(=O)N/N=C/C1CCC(Cl)C(C(F)(F)F)C1)C1CCCC(CN2CC(CCCP(=O)(O)O)NN2)C1. The lowest BCUT2D eigenvalue weighted by Crippen LogP contribution is -2.54. The van der Waals surface area contributed by atoms with Gasteiger partial charge in [0, 0.05) is 54.9 Å². The second kappa shape index (κ2) is 18.1. The number of carbonyl (C=O) groups excluding carboxylic acids is 2. The highest BCUT2D eigenvalue weighted by Gasteiger charge is 2.47. The van der Waals surface area contributed by atoms with Gasteiger partial charge in [0.2, 0.25) is 11.8 Å². The molecule has 0 aromatic rings. The Bertz CT molecular complexity index is 1210. The Morgan fingerprint density at radius 1 is 0.980 bits per heavy atom. The average molecular weight is 754 g/mol. The third-order valence-electron chi connectivity index (χ3n) is 11.6. The zero-order chi connectivity index (χ0) is 35.9. The fraction of sp³-hybridized carbons (Fsp3) is 0.909. The number of rotatable bonds is 12. The summed E-state index contributed by atoms with van der Waals surface area (Å²) >= 11 is 5.99. The van der Waals surface area contributed by atoms with Gasteiger partial charge < -0.3 is 20.0 Å². The molecule has 0 aromatic heterocycles. The molecule has 286 valence electrons. The molecule has 5 fully saturated rings. The van der Waals surface area contributed by atoms with Gasteiger partial charge in [0.25, 0.3) is 0 Å². The number of nitrogens with one attached hydrogen (secondary N) is 4. The molecule has 0 radical (unpaired) electrons. The molecule has 2 saturated heterocycles. The molecule has 50 heavy (non-hydrogen) atoms. The number of hydrazine groups is 2. The van der Waals surface area contributed by atoms with Crippen LogP contribution < -0.4 is 21.7 Å². The first kappa shape index (κ1) is 39.9. The highest BCUT2D eigenvalue weighted by atomic mass is 35.5. The maximum absolute atomic E-state index is 13.7. The van der Waals surface area contributed by atoms with Crippen LogP contribution in [0.25, 0.3) is 0 Å². The van der Waals surface area contributed by atoms with Gasteiger partial charge in [-0.1, -0.05) is 12.8 Å². The van der Waals surface area contributed by atoms with E-state index in [1.165, 1.54) is 12.6 Å². The van der Waals surface area contributed by atoms with E-state index in [0.717, 1.165) is 64.6 Å². The van der Waals surface area contributed by atoms with Crippen molar-refractivity contribution in [2.75, 3.05) is 32.3 Å². The lowest BCUT2D eigenvalue weighted by Gasteiger charge is -2.42. The minimum atomic E-state index is -4.37.